The van der Waals surface area contributed by atoms with E-state index < -0.39 is 23.5 Å². The Morgan fingerprint density at radius 2 is 2.00 bits per heavy atom. The summed E-state index contributed by atoms with van der Waals surface area (Å²) in [6.45, 7) is 1.87. The number of hydrogen-bond donors (Lipinski definition) is 0. The van der Waals surface area contributed by atoms with Gasteiger partial charge in [-0.05, 0) is 24.5 Å². The fourth-order valence-electron chi connectivity index (χ4n) is 2.06. The molecule has 0 aromatic heterocycles. The lowest BCUT2D eigenvalue weighted by Gasteiger charge is -2.23. The van der Waals surface area contributed by atoms with E-state index in [1.807, 2.05) is 6.92 Å². The zero-order valence-corrected chi connectivity index (χ0v) is 11.3. The molecule has 0 radical (unpaired) electrons. The first-order valence-electron chi connectivity index (χ1n) is 6.08. The molecular formula is C14H18F2O3. The molecule has 1 rings (SSSR count). The second-order valence-electron chi connectivity index (χ2n) is 4.25. The monoisotopic (exact) mass is 272 g/mol. The molecular weight excluding hydrogens is 254 g/mol. The number of esters is 1. The number of halogens is 2. The predicted octanol–water partition coefficient (Wildman–Crippen LogP) is 2.72. The molecule has 3 nitrogen and oxygen atoms in total. The Labute approximate surface area is 111 Å². The molecule has 2 unspecified atom stereocenters. The average molecular weight is 272 g/mol. The van der Waals surface area contributed by atoms with Crippen LogP contribution in [0.25, 0.3) is 0 Å². The molecule has 19 heavy (non-hydrogen) atoms. The zero-order valence-electron chi connectivity index (χ0n) is 11.3. The van der Waals surface area contributed by atoms with Crippen molar-refractivity contribution < 1.29 is 23.0 Å². The Balaban J connectivity index is 2.96. The van der Waals surface area contributed by atoms with Crippen LogP contribution >= 0.6 is 0 Å². The van der Waals surface area contributed by atoms with Crippen LogP contribution in [0.3, 0.4) is 0 Å². The van der Waals surface area contributed by atoms with E-state index in [0.717, 1.165) is 6.07 Å². The summed E-state index contributed by atoms with van der Waals surface area (Å²) >= 11 is 0. The van der Waals surface area contributed by atoms with Crippen LogP contribution in [0.2, 0.25) is 0 Å². The molecule has 1 aromatic carbocycles. The highest BCUT2D eigenvalue weighted by molar-refractivity contribution is 5.73. The number of ether oxygens (including phenoxy) is 2. The maximum absolute atomic E-state index is 13.6. The van der Waals surface area contributed by atoms with Gasteiger partial charge in [0.05, 0.1) is 19.1 Å². The van der Waals surface area contributed by atoms with Crippen molar-refractivity contribution >= 4 is 5.97 Å². The van der Waals surface area contributed by atoms with Crippen LogP contribution in [-0.4, -0.2) is 26.3 Å². The third-order valence-electron chi connectivity index (χ3n) is 3.11. The van der Waals surface area contributed by atoms with Gasteiger partial charge in [0, 0.05) is 13.2 Å². The van der Waals surface area contributed by atoms with E-state index in [2.05, 4.69) is 0 Å². The van der Waals surface area contributed by atoms with E-state index in [1.165, 1.54) is 26.4 Å². The minimum atomic E-state index is -0.667. The van der Waals surface area contributed by atoms with Gasteiger partial charge in [0.2, 0.25) is 0 Å². The minimum absolute atomic E-state index is 0.116. The summed E-state index contributed by atoms with van der Waals surface area (Å²) in [6.07, 6.45) is 0.349. The predicted molar refractivity (Wildman–Crippen MR) is 66.7 cm³/mol. The Hall–Kier alpha value is -1.49. The van der Waals surface area contributed by atoms with Gasteiger partial charge in [-0.2, -0.15) is 0 Å². The van der Waals surface area contributed by atoms with Crippen LogP contribution in [0.1, 0.15) is 18.9 Å². The molecule has 0 fully saturated rings. The second kappa shape index (κ2) is 7.19. The zero-order chi connectivity index (χ0) is 14.4. The summed E-state index contributed by atoms with van der Waals surface area (Å²) in [4.78, 5) is 11.8. The van der Waals surface area contributed by atoms with Crippen molar-refractivity contribution in [2.24, 2.45) is 5.92 Å². The first kappa shape index (κ1) is 15.6. The summed E-state index contributed by atoms with van der Waals surface area (Å²) in [7, 11) is 2.77. The number of benzene rings is 1. The topological polar surface area (TPSA) is 35.5 Å². The van der Waals surface area contributed by atoms with E-state index in [4.69, 9.17) is 9.47 Å². The fourth-order valence-corrected chi connectivity index (χ4v) is 2.06. The molecule has 2 atom stereocenters. The number of carbonyl (C=O) groups is 1. The molecule has 0 aliphatic carbocycles. The van der Waals surface area contributed by atoms with Gasteiger partial charge in [-0.1, -0.05) is 13.0 Å². The molecule has 0 saturated heterocycles. The van der Waals surface area contributed by atoms with E-state index in [-0.39, 0.29) is 18.1 Å². The van der Waals surface area contributed by atoms with E-state index in [9.17, 15) is 13.6 Å². The normalized spacial score (nSPS) is 13.9. The molecule has 0 amide bonds. The first-order valence-corrected chi connectivity index (χ1v) is 6.08. The number of hydrogen-bond acceptors (Lipinski definition) is 3. The summed E-state index contributed by atoms with van der Waals surface area (Å²) in [5, 5.41) is 0. The Morgan fingerprint density at radius 3 is 2.47 bits per heavy atom. The molecule has 106 valence electrons. The summed E-state index contributed by atoms with van der Waals surface area (Å²) < 4.78 is 36.4. The Kier molecular flexibility index (Phi) is 5.89. The van der Waals surface area contributed by atoms with Crippen molar-refractivity contribution in [2.75, 3.05) is 14.2 Å². The molecule has 0 N–H and O–H groups in total. The van der Waals surface area contributed by atoms with Crippen LogP contribution in [0, 0.1) is 17.6 Å². The maximum atomic E-state index is 13.6. The molecule has 0 heterocycles. The molecule has 0 bridgehead atoms. The Morgan fingerprint density at radius 1 is 1.32 bits per heavy atom. The van der Waals surface area contributed by atoms with Gasteiger partial charge in [-0.25, -0.2) is 8.78 Å². The number of carbonyl (C=O) groups excluding carboxylic acids is 1. The summed E-state index contributed by atoms with van der Waals surface area (Å²) in [6, 6.07) is 3.31. The SMILES string of the molecule is CCC(OC)C(Cc1ccc(F)cc1F)C(=O)OC. The lowest BCUT2D eigenvalue weighted by atomic mass is 9.92. The van der Waals surface area contributed by atoms with E-state index in [1.54, 1.807) is 0 Å². The van der Waals surface area contributed by atoms with Crippen LogP contribution in [0.5, 0.6) is 0 Å². The number of rotatable bonds is 6. The smallest absolute Gasteiger partial charge is 0.311 e. The molecule has 5 heteroatoms. The van der Waals surface area contributed by atoms with Crippen LogP contribution in [-0.2, 0) is 20.7 Å². The quantitative estimate of drug-likeness (QED) is 0.747. The van der Waals surface area contributed by atoms with E-state index >= 15 is 0 Å². The van der Waals surface area contributed by atoms with Crippen LogP contribution in [0.15, 0.2) is 18.2 Å². The largest absolute Gasteiger partial charge is 0.469 e. The third kappa shape index (κ3) is 3.99. The van der Waals surface area contributed by atoms with Gasteiger partial charge in [-0.15, -0.1) is 0 Å². The molecule has 0 saturated carbocycles. The highest BCUT2D eigenvalue weighted by atomic mass is 19.1. The molecule has 0 aliphatic rings. The van der Waals surface area contributed by atoms with Crippen molar-refractivity contribution in [3.05, 3.63) is 35.4 Å². The fraction of sp³-hybridized carbons (Fsp3) is 0.500. The molecule has 1 aromatic rings. The average Bonchev–Trinajstić information content (AvgIpc) is 2.40. The summed E-state index contributed by atoms with van der Waals surface area (Å²) in [5.74, 6) is -2.38. The van der Waals surface area contributed by atoms with Crippen molar-refractivity contribution in [1.82, 2.24) is 0 Å². The van der Waals surface area contributed by atoms with Gasteiger partial charge in [0.15, 0.2) is 0 Å². The molecule has 0 aliphatic heterocycles. The standard InChI is InChI=1S/C14H18F2O3/c1-4-13(18-2)11(14(17)19-3)7-9-5-6-10(15)8-12(9)16/h5-6,8,11,13H,4,7H2,1-3H3. The lowest BCUT2D eigenvalue weighted by Crippen LogP contribution is -2.32. The van der Waals surface area contributed by atoms with Gasteiger partial charge >= 0.3 is 5.97 Å². The third-order valence-corrected chi connectivity index (χ3v) is 3.11. The highest BCUT2D eigenvalue weighted by Gasteiger charge is 2.29. The van der Waals surface area contributed by atoms with Crippen LogP contribution < -0.4 is 0 Å². The second-order valence-corrected chi connectivity index (χ2v) is 4.25. The van der Waals surface area contributed by atoms with Crippen molar-refractivity contribution in [3.8, 4) is 0 Å². The number of methoxy groups -OCH3 is 2. The van der Waals surface area contributed by atoms with Gasteiger partial charge < -0.3 is 9.47 Å². The van der Waals surface area contributed by atoms with E-state index in [0.29, 0.717) is 6.42 Å². The molecule has 0 spiro atoms. The Bertz CT molecular complexity index is 431. The highest BCUT2D eigenvalue weighted by Crippen LogP contribution is 2.21. The maximum Gasteiger partial charge on any atom is 0.311 e. The van der Waals surface area contributed by atoms with Crippen molar-refractivity contribution in [2.45, 2.75) is 25.9 Å². The van der Waals surface area contributed by atoms with Crippen molar-refractivity contribution in [1.29, 1.82) is 0 Å². The van der Waals surface area contributed by atoms with Crippen molar-refractivity contribution in [3.63, 3.8) is 0 Å². The van der Waals surface area contributed by atoms with Gasteiger partial charge in [0.1, 0.15) is 11.6 Å². The summed E-state index contributed by atoms with van der Waals surface area (Å²) in [5.41, 5.74) is 0.271. The van der Waals surface area contributed by atoms with Gasteiger partial charge in [0.25, 0.3) is 0 Å². The minimum Gasteiger partial charge on any atom is -0.469 e. The van der Waals surface area contributed by atoms with Crippen LogP contribution in [0.4, 0.5) is 8.78 Å². The van der Waals surface area contributed by atoms with Gasteiger partial charge in [-0.3, -0.25) is 4.79 Å². The lowest BCUT2D eigenvalue weighted by molar-refractivity contribution is -0.150. The first-order chi connectivity index (χ1) is 9.03.